The van der Waals surface area contributed by atoms with Crippen molar-refractivity contribution in [1.29, 1.82) is 0 Å². The average molecular weight is 319 g/mol. The maximum absolute atomic E-state index is 6.18. The molecule has 0 aliphatic heterocycles. The topological polar surface area (TPSA) is 30.9 Å². The standard InChI is InChI=1S/C17H19ClN2S/c1-2-14(19)8-12-10-20(11-15-4-3-7-21-15)17-9-13(18)5-6-16(12)17/h3-7,9-10,14H,2,8,11,19H2,1H3. The number of halogens is 1. The van der Waals surface area contributed by atoms with Gasteiger partial charge in [-0.1, -0.05) is 30.7 Å². The van der Waals surface area contributed by atoms with Gasteiger partial charge in [-0.05, 0) is 42.0 Å². The lowest BCUT2D eigenvalue weighted by Gasteiger charge is -2.06. The van der Waals surface area contributed by atoms with Crippen LogP contribution in [0.4, 0.5) is 0 Å². The molecule has 3 aromatic rings. The second-order valence-electron chi connectivity index (χ2n) is 5.40. The van der Waals surface area contributed by atoms with Crippen LogP contribution in [0.25, 0.3) is 10.9 Å². The van der Waals surface area contributed by atoms with E-state index in [-0.39, 0.29) is 6.04 Å². The maximum Gasteiger partial charge on any atom is 0.0569 e. The molecule has 0 radical (unpaired) electrons. The Morgan fingerprint density at radius 2 is 2.19 bits per heavy atom. The molecule has 1 unspecified atom stereocenters. The summed E-state index contributed by atoms with van der Waals surface area (Å²) in [6, 6.07) is 10.6. The number of rotatable bonds is 5. The highest BCUT2D eigenvalue weighted by Crippen LogP contribution is 2.27. The van der Waals surface area contributed by atoms with Gasteiger partial charge in [0, 0.05) is 27.5 Å². The van der Waals surface area contributed by atoms with E-state index in [2.05, 4.69) is 41.3 Å². The van der Waals surface area contributed by atoms with Crippen LogP contribution in [0.1, 0.15) is 23.8 Å². The number of nitrogens with zero attached hydrogens (tertiary/aromatic N) is 1. The van der Waals surface area contributed by atoms with Crippen LogP contribution in [0.3, 0.4) is 0 Å². The van der Waals surface area contributed by atoms with Crippen molar-refractivity contribution in [2.75, 3.05) is 0 Å². The molecule has 1 aromatic carbocycles. The molecule has 0 saturated carbocycles. The van der Waals surface area contributed by atoms with Gasteiger partial charge in [-0.2, -0.15) is 0 Å². The molecule has 3 rings (SSSR count). The van der Waals surface area contributed by atoms with E-state index in [4.69, 9.17) is 17.3 Å². The van der Waals surface area contributed by atoms with Crippen LogP contribution >= 0.6 is 22.9 Å². The van der Waals surface area contributed by atoms with Crippen LogP contribution < -0.4 is 5.73 Å². The Morgan fingerprint density at radius 3 is 2.90 bits per heavy atom. The fourth-order valence-electron chi connectivity index (χ4n) is 2.63. The first-order valence-electron chi connectivity index (χ1n) is 7.22. The summed E-state index contributed by atoms with van der Waals surface area (Å²) in [5.74, 6) is 0. The fourth-order valence-corrected chi connectivity index (χ4v) is 3.50. The molecule has 0 bridgehead atoms. The Labute approximate surface area is 134 Å². The van der Waals surface area contributed by atoms with Crippen molar-refractivity contribution in [3.8, 4) is 0 Å². The largest absolute Gasteiger partial charge is 0.342 e. The molecule has 1 atom stereocenters. The van der Waals surface area contributed by atoms with Crippen LogP contribution in [0.2, 0.25) is 5.02 Å². The van der Waals surface area contributed by atoms with Gasteiger partial charge in [0.1, 0.15) is 0 Å². The molecule has 4 heteroatoms. The predicted octanol–water partition coefficient (Wildman–Crippen LogP) is 4.68. The Balaban J connectivity index is 2.04. The third-order valence-corrected chi connectivity index (χ3v) is 4.94. The Morgan fingerprint density at radius 1 is 1.33 bits per heavy atom. The van der Waals surface area contributed by atoms with E-state index < -0.39 is 0 Å². The second kappa shape index (κ2) is 6.22. The molecule has 2 N–H and O–H groups in total. The summed E-state index contributed by atoms with van der Waals surface area (Å²) >= 11 is 7.96. The van der Waals surface area contributed by atoms with E-state index >= 15 is 0 Å². The zero-order chi connectivity index (χ0) is 14.8. The molecular weight excluding hydrogens is 300 g/mol. The van der Waals surface area contributed by atoms with Gasteiger partial charge in [-0.15, -0.1) is 11.3 Å². The Bertz CT molecular complexity index is 731. The first-order valence-corrected chi connectivity index (χ1v) is 8.48. The zero-order valence-electron chi connectivity index (χ0n) is 12.1. The highest BCUT2D eigenvalue weighted by atomic mass is 35.5. The van der Waals surface area contributed by atoms with Crippen LogP contribution in [0.5, 0.6) is 0 Å². The van der Waals surface area contributed by atoms with Crippen molar-refractivity contribution in [3.63, 3.8) is 0 Å². The van der Waals surface area contributed by atoms with Crippen molar-refractivity contribution < 1.29 is 0 Å². The minimum absolute atomic E-state index is 0.210. The maximum atomic E-state index is 6.18. The van der Waals surface area contributed by atoms with Gasteiger partial charge in [-0.3, -0.25) is 0 Å². The van der Waals surface area contributed by atoms with Gasteiger partial charge in [0.2, 0.25) is 0 Å². The lowest BCUT2D eigenvalue weighted by molar-refractivity contribution is 0.647. The molecule has 2 nitrogen and oxygen atoms in total. The number of hydrogen-bond acceptors (Lipinski definition) is 2. The molecule has 0 spiro atoms. The first-order chi connectivity index (χ1) is 10.2. The first kappa shape index (κ1) is 14.6. The van der Waals surface area contributed by atoms with Crippen LogP contribution in [-0.4, -0.2) is 10.6 Å². The van der Waals surface area contributed by atoms with Crippen molar-refractivity contribution in [3.05, 3.63) is 57.4 Å². The molecule has 0 aliphatic carbocycles. The third-order valence-electron chi connectivity index (χ3n) is 3.84. The minimum Gasteiger partial charge on any atom is -0.342 e. The highest BCUT2D eigenvalue weighted by molar-refractivity contribution is 7.09. The van der Waals surface area contributed by atoms with Crippen LogP contribution in [0, 0.1) is 0 Å². The van der Waals surface area contributed by atoms with Crippen LogP contribution in [-0.2, 0) is 13.0 Å². The highest BCUT2D eigenvalue weighted by Gasteiger charge is 2.12. The minimum atomic E-state index is 0.210. The summed E-state index contributed by atoms with van der Waals surface area (Å²) in [5, 5.41) is 4.15. The summed E-state index contributed by atoms with van der Waals surface area (Å²) in [5.41, 5.74) is 8.64. The number of nitrogens with two attached hydrogens (primary N) is 1. The summed E-state index contributed by atoms with van der Waals surface area (Å²) in [7, 11) is 0. The number of thiophene rings is 1. The van der Waals surface area contributed by atoms with Gasteiger partial charge < -0.3 is 10.3 Å². The summed E-state index contributed by atoms with van der Waals surface area (Å²) in [4.78, 5) is 1.35. The SMILES string of the molecule is CCC(N)Cc1cn(Cc2cccs2)c2cc(Cl)ccc12. The number of benzene rings is 1. The third kappa shape index (κ3) is 3.15. The van der Waals surface area contributed by atoms with Gasteiger partial charge in [0.15, 0.2) is 0 Å². The molecule has 110 valence electrons. The van der Waals surface area contributed by atoms with Crippen molar-refractivity contribution in [1.82, 2.24) is 4.57 Å². The van der Waals surface area contributed by atoms with Crippen molar-refractivity contribution >= 4 is 33.8 Å². The zero-order valence-corrected chi connectivity index (χ0v) is 13.6. The molecular formula is C17H19ClN2S. The molecule has 0 saturated heterocycles. The monoisotopic (exact) mass is 318 g/mol. The smallest absolute Gasteiger partial charge is 0.0569 e. The lowest BCUT2D eigenvalue weighted by Crippen LogP contribution is -2.21. The molecule has 2 heterocycles. The van der Waals surface area contributed by atoms with Gasteiger partial charge in [-0.25, -0.2) is 0 Å². The quantitative estimate of drug-likeness (QED) is 0.727. The second-order valence-corrected chi connectivity index (χ2v) is 6.86. The summed E-state index contributed by atoms with van der Waals surface area (Å²) < 4.78 is 2.28. The molecule has 2 aromatic heterocycles. The van der Waals surface area contributed by atoms with Crippen molar-refractivity contribution in [2.45, 2.75) is 32.4 Å². The number of hydrogen-bond donors (Lipinski definition) is 1. The summed E-state index contributed by atoms with van der Waals surface area (Å²) in [6.45, 7) is 3.02. The Hall–Kier alpha value is -1.29. The normalized spacial score (nSPS) is 12.9. The average Bonchev–Trinajstić information content (AvgIpc) is 3.08. The number of fused-ring (bicyclic) bond motifs is 1. The van der Waals surface area contributed by atoms with E-state index in [0.29, 0.717) is 0 Å². The molecule has 0 amide bonds. The van der Waals surface area contributed by atoms with E-state index in [1.165, 1.54) is 21.3 Å². The lowest BCUT2D eigenvalue weighted by atomic mass is 10.0. The van der Waals surface area contributed by atoms with Gasteiger partial charge >= 0.3 is 0 Å². The Kier molecular flexibility index (Phi) is 4.34. The molecule has 0 aliphatic rings. The van der Waals surface area contributed by atoms with E-state index in [9.17, 15) is 0 Å². The summed E-state index contributed by atoms with van der Waals surface area (Å²) in [6.07, 6.45) is 4.13. The van der Waals surface area contributed by atoms with Crippen LogP contribution in [0.15, 0.2) is 41.9 Å². The fraction of sp³-hybridized carbons (Fsp3) is 0.294. The van der Waals surface area contributed by atoms with Gasteiger partial charge in [0.05, 0.1) is 12.1 Å². The number of aromatic nitrogens is 1. The van der Waals surface area contributed by atoms with E-state index in [1.54, 1.807) is 11.3 Å². The molecule has 21 heavy (non-hydrogen) atoms. The van der Waals surface area contributed by atoms with Gasteiger partial charge in [0.25, 0.3) is 0 Å². The van der Waals surface area contributed by atoms with Crippen molar-refractivity contribution in [2.24, 2.45) is 5.73 Å². The predicted molar refractivity (Wildman–Crippen MR) is 92.3 cm³/mol. The van der Waals surface area contributed by atoms with E-state index in [0.717, 1.165) is 24.4 Å². The molecule has 0 fully saturated rings. The van der Waals surface area contributed by atoms with E-state index in [1.807, 2.05) is 12.1 Å².